The third-order valence-electron chi connectivity index (χ3n) is 4.01. The molecule has 4 nitrogen and oxygen atoms in total. The van der Waals surface area contributed by atoms with Crippen molar-refractivity contribution in [1.29, 1.82) is 0 Å². The fraction of sp³-hybridized carbons (Fsp3) is 0.625. The van der Waals surface area contributed by atoms with E-state index in [1.807, 2.05) is 6.92 Å². The van der Waals surface area contributed by atoms with Crippen molar-refractivity contribution in [3.05, 3.63) is 17.9 Å². The number of hydrogen-bond donors (Lipinski definition) is 2. The van der Waals surface area contributed by atoms with Gasteiger partial charge in [-0.15, -0.1) is 0 Å². The van der Waals surface area contributed by atoms with Gasteiger partial charge in [0.05, 0.1) is 18.0 Å². The summed E-state index contributed by atoms with van der Waals surface area (Å²) in [6.07, 6.45) is 4.38. The molecule has 0 aliphatic carbocycles. The maximum absolute atomic E-state index is 13.8. The van der Waals surface area contributed by atoms with E-state index < -0.39 is 5.82 Å². The Morgan fingerprint density at radius 3 is 2.62 bits per heavy atom. The number of halogens is 1. The number of hydrazine groups is 1. The topological polar surface area (TPSA) is 50.5 Å². The molecule has 0 saturated carbocycles. The molecule has 3 N–H and O–H groups in total. The summed E-state index contributed by atoms with van der Waals surface area (Å²) >= 11 is 0. The molecule has 21 heavy (non-hydrogen) atoms. The largest absolute Gasteiger partial charge is 0.490 e. The van der Waals surface area contributed by atoms with Crippen LogP contribution in [0.4, 0.5) is 15.8 Å². The maximum Gasteiger partial charge on any atom is 0.167 e. The predicted octanol–water partition coefficient (Wildman–Crippen LogP) is 3.79. The van der Waals surface area contributed by atoms with E-state index >= 15 is 0 Å². The van der Waals surface area contributed by atoms with Crippen molar-refractivity contribution in [2.75, 3.05) is 17.8 Å². The van der Waals surface area contributed by atoms with Gasteiger partial charge in [-0.05, 0) is 33.1 Å². The normalized spacial score (nSPS) is 23.0. The molecule has 0 bridgehead atoms. The van der Waals surface area contributed by atoms with Crippen molar-refractivity contribution in [2.24, 2.45) is 0 Å². The minimum Gasteiger partial charge on any atom is -0.490 e. The maximum atomic E-state index is 13.8. The second-order valence-corrected chi connectivity index (χ2v) is 5.87. The molecule has 2 atom stereocenters. The van der Waals surface area contributed by atoms with E-state index in [9.17, 15) is 4.39 Å². The molecule has 1 aromatic carbocycles. The van der Waals surface area contributed by atoms with Crippen LogP contribution in [0.5, 0.6) is 5.75 Å². The molecule has 5 heteroatoms. The average molecular weight is 295 g/mol. The van der Waals surface area contributed by atoms with Gasteiger partial charge in [0.2, 0.25) is 0 Å². The third kappa shape index (κ3) is 3.79. The third-order valence-corrected chi connectivity index (χ3v) is 4.01. The molecule has 1 heterocycles. The summed E-state index contributed by atoms with van der Waals surface area (Å²) in [4.78, 5) is 0. The second kappa shape index (κ2) is 6.98. The summed E-state index contributed by atoms with van der Waals surface area (Å²) in [5, 5.41) is 2.21. The monoisotopic (exact) mass is 295 g/mol. The van der Waals surface area contributed by atoms with Gasteiger partial charge in [-0.2, -0.15) is 0 Å². The van der Waals surface area contributed by atoms with Crippen LogP contribution >= 0.6 is 0 Å². The van der Waals surface area contributed by atoms with Crippen LogP contribution < -0.4 is 15.9 Å². The highest BCUT2D eigenvalue weighted by Gasteiger charge is 2.25. The lowest BCUT2D eigenvalue weighted by Gasteiger charge is -2.39. The first-order valence-electron chi connectivity index (χ1n) is 7.79. The van der Waals surface area contributed by atoms with Gasteiger partial charge in [0.15, 0.2) is 11.6 Å². The Morgan fingerprint density at radius 1 is 1.33 bits per heavy atom. The minimum atomic E-state index is -0.411. The number of nitrogens with one attached hydrogen (secondary N) is 1. The Bertz CT molecular complexity index is 471. The number of rotatable bonds is 5. The highest BCUT2D eigenvalue weighted by Crippen LogP contribution is 2.31. The molecule has 1 fully saturated rings. The zero-order valence-electron chi connectivity index (χ0n) is 13.2. The van der Waals surface area contributed by atoms with Gasteiger partial charge in [-0.3, -0.25) is 0 Å². The summed E-state index contributed by atoms with van der Waals surface area (Å²) in [6.45, 7) is 6.87. The molecule has 0 amide bonds. The van der Waals surface area contributed by atoms with Crippen LogP contribution in [0.3, 0.4) is 0 Å². The smallest absolute Gasteiger partial charge is 0.167 e. The van der Waals surface area contributed by atoms with Crippen molar-refractivity contribution < 1.29 is 9.13 Å². The SMILES string of the molecule is CCCOc1cc(NN2C(C)CCCC2C)c(N)cc1F. The lowest BCUT2D eigenvalue weighted by molar-refractivity contribution is 0.136. The zero-order valence-corrected chi connectivity index (χ0v) is 13.2. The molecule has 0 spiro atoms. The number of piperidine rings is 1. The van der Waals surface area contributed by atoms with Crippen LogP contribution in [-0.2, 0) is 0 Å². The molecular formula is C16H26FN3O. The average Bonchev–Trinajstić information content (AvgIpc) is 2.44. The molecule has 1 aromatic rings. The second-order valence-electron chi connectivity index (χ2n) is 5.87. The zero-order chi connectivity index (χ0) is 15.4. The summed E-state index contributed by atoms with van der Waals surface area (Å²) < 4.78 is 19.3. The number of nitrogen functional groups attached to an aromatic ring is 1. The van der Waals surface area contributed by atoms with E-state index in [0.29, 0.717) is 30.1 Å². The number of nitrogens with zero attached hydrogens (tertiary/aromatic N) is 1. The number of nitrogens with two attached hydrogens (primary N) is 1. The molecule has 0 aromatic heterocycles. The fourth-order valence-electron chi connectivity index (χ4n) is 2.77. The van der Waals surface area contributed by atoms with Crippen molar-refractivity contribution in [2.45, 2.75) is 58.5 Å². The van der Waals surface area contributed by atoms with Crippen LogP contribution in [0, 0.1) is 5.82 Å². The predicted molar refractivity (Wildman–Crippen MR) is 84.8 cm³/mol. The molecular weight excluding hydrogens is 269 g/mol. The van der Waals surface area contributed by atoms with E-state index in [1.165, 1.54) is 12.5 Å². The lowest BCUT2D eigenvalue weighted by atomic mass is 10.00. The summed E-state index contributed by atoms with van der Waals surface area (Å²) in [6, 6.07) is 3.84. The standard InChI is InChI=1S/C16H26FN3O/c1-4-8-21-16-10-15(14(18)9-13(16)17)19-20-11(2)6-5-7-12(20)3/h9-12,19H,4-8,18H2,1-3H3. The molecule has 1 aliphatic heterocycles. The Hall–Kier alpha value is -1.49. The fourth-order valence-corrected chi connectivity index (χ4v) is 2.77. The molecule has 0 radical (unpaired) electrons. The highest BCUT2D eigenvalue weighted by atomic mass is 19.1. The van der Waals surface area contributed by atoms with Crippen LogP contribution in [0.1, 0.15) is 46.5 Å². The minimum absolute atomic E-state index is 0.255. The Labute approximate surface area is 126 Å². The Balaban J connectivity index is 2.18. The van der Waals surface area contributed by atoms with Gasteiger partial charge in [0.1, 0.15) is 0 Å². The van der Waals surface area contributed by atoms with Gasteiger partial charge < -0.3 is 15.9 Å². The van der Waals surface area contributed by atoms with Gasteiger partial charge in [0.25, 0.3) is 0 Å². The summed E-state index contributed by atoms with van der Waals surface area (Å²) in [5.74, 6) is -0.155. The summed E-state index contributed by atoms with van der Waals surface area (Å²) in [7, 11) is 0. The number of ether oxygens (including phenoxy) is 1. The van der Waals surface area contributed by atoms with Crippen molar-refractivity contribution >= 4 is 11.4 Å². The Kier molecular flexibility index (Phi) is 5.28. The van der Waals surface area contributed by atoms with Crippen LogP contribution in [0.15, 0.2) is 12.1 Å². The van der Waals surface area contributed by atoms with Crippen molar-refractivity contribution in [1.82, 2.24) is 5.01 Å². The van der Waals surface area contributed by atoms with E-state index in [-0.39, 0.29) is 5.75 Å². The van der Waals surface area contributed by atoms with E-state index in [0.717, 1.165) is 19.3 Å². The van der Waals surface area contributed by atoms with E-state index in [1.54, 1.807) is 6.07 Å². The van der Waals surface area contributed by atoms with Crippen LogP contribution in [0.25, 0.3) is 0 Å². The first-order valence-corrected chi connectivity index (χ1v) is 7.79. The van der Waals surface area contributed by atoms with Crippen LogP contribution in [-0.4, -0.2) is 23.7 Å². The van der Waals surface area contributed by atoms with Crippen molar-refractivity contribution in [3.63, 3.8) is 0 Å². The quantitative estimate of drug-likeness (QED) is 0.812. The number of hydrogen-bond acceptors (Lipinski definition) is 4. The van der Waals surface area contributed by atoms with Crippen molar-refractivity contribution in [3.8, 4) is 5.75 Å². The highest BCUT2D eigenvalue weighted by molar-refractivity contribution is 5.68. The van der Waals surface area contributed by atoms with E-state index in [2.05, 4.69) is 24.3 Å². The van der Waals surface area contributed by atoms with Crippen LogP contribution in [0.2, 0.25) is 0 Å². The van der Waals surface area contributed by atoms with Gasteiger partial charge in [0, 0.05) is 24.2 Å². The van der Waals surface area contributed by atoms with Gasteiger partial charge >= 0.3 is 0 Å². The first kappa shape index (κ1) is 15.9. The summed E-state index contributed by atoms with van der Waals surface area (Å²) in [5.41, 5.74) is 10.4. The molecule has 118 valence electrons. The van der Waals surface area contributed by atoms with Gasteiger partial charge in [-0.1, -0.05) is 13.3 Å². The molecule has 1 saturated heterocycles. The van der Waals surface area contributed by atoms with E-state index in [4.69, 9.17) is 10.5 Å². The first-order chi connectivity index (χ1) is 10.0. The molecule has 2 rings (SSSR count). The lowest BCUT2D eigenvalue weighted by Crippen LogP contribution is -2.47. The van der Waals surface area contributed by atoms with Gasteiger partial charge in [-0.25, -0.2) is 9.40 Å². The Morgan fingerprint density at radius 2 is 2.00 bits per heavy atom. The molecule has 2 unspecified atom stereocenters. The number of benzene rings is 1. The number of anilines is 2. The molecule has 1 aliphatic rings.